The molecule has 29 heavy (non-hydrogen) atoms. The van der Waals surface area contributed by atoms with Crippen molar-refractivity contribution in [1.29, 1.82) is 0 Å². The predicted molar refractivity (Wildman–Crippen MR) is 110 cm³/mol. The standard InChI is InChI=1S/C23H24N2O4/c1-13(26)29-19-11-10-14(12-20(19)28-3)21-16-7-4-6-15(16)17-8-5-9-18(22(17)25-21)23(27)24-2/h4-6,8-12,15-16,21,25H,7H2,1-3H3,(H,24,27). The van der Waals surface area contributed by atoms with Gasteiger partial charge in [-0.3, -0.25) is 9.59 Å². The molecule has 0 saturated carbocycles. The Morgan fingerprint density at radius 2 is 2.00 bits per heavy atom. The highest BCUT2D eigenvalue weighted by Crippen LogP contribution is 2.51. The van der Waals surface area contributed by atoms with E-state index in [1.54, 1.807) is 20.2 Å². The molecule has 4 rings (SSSR count). The Bertz CT molecular complexity index is 998. The van der Waals surface area contributed by atoms with E-state index in [9.17, 15) is 9.59 Å². The van der Waals surface area contributed by atoms with Gasteiger partial charge >= 0.3 is 5.97 Å². The van der Waals surface area contributed by atoms with Crippen LogP contribution in [-0.4, -0.2) is 26.0 Å². The molecule has 3 unspecified atom stereocenters. The van der Waals surface area contributed by atoms with Crippen LogP contribution < -0.4 is 20.1 Å². The number of para-hydroxylation sites is 1. The van der Waals surface area contributed by atoms with E-state index in [0.717, 1.165) is 23.2 Å². The van der Waals surface area contributed by atoms with E-state index in [1.807, 2.05) is 24.3 Å². The van der Waals surface area contributed by atoms with E-state index in [2.05, 4.69) is 28.9 Å². The first-order chi connectivity index (χ1) is 14.0. The number of methoxy groups -OCH3 is 1. The number of benzene rings is 2. The molecule has 2 aromatic carbocycles. The maximum atomic E-state index is 12.4. The van der Waals surface area contributed by atoms with Crippen LogP contribution in [-0.2, 0) is 4.79 Å². The number of amides is 1. The first-order valence-electron chi connectivity index (χ1n) is 9.68. The number of anilines is 1. The number of fused-ring (bicyclic) bond motifs is 3. The molecule has 6 heteroatoms. The highest BCUT2D eigenvalue weighted by molar-refractivity contribution is 6.00. The molecule has 0 fully saturated rings. The van der Waals surface area contributed by atoms with Gasteiger partial charge in [0.25, 0.3) is 5.91 Å². The predicted octanol–water partition coefficient (Wildman–Crippen LogP) is 3.81. The van der Waals surface area contributed by atoms with Crippen LogP contribution in [0.4, 0.5) is 5.69 Å². The van der Waals surface area contributed by atoms with Crippen LogP contribution in [0.1, 0.15) is 46.8 Å². The maximum absolute atomic E-state index is 12.4. The summed E-state index contributed by atoms with van der Waals surface area (Å²) in [5, 5.41) is 6.34. The van der Waals surface area contributed by atoms with Gasteiger partial charge in [-0.1, -0.05) is 30.4 Å². The summed E-state index contributed by atoms with van der Waals surface area (Å²) >= 11 is 0. The number of rotatable bonds is 4. The van der Waals surface area contributed by atoms with Crippen LogP contribution in [0.15, 0.2) is 48.6 Å². The lowest BCUT2D eigenvalue weighted by Crippen LogP contribution is -2.31. The van der Waals surface area contributed by atoms with Gasteiger partial charge in [0.15, 0.2) is 11.5 Å². The number of esters is 1. The summed E-state index contributed by atoms with van der Waals surface area (Å²) in [6, 6.07) is 11.5. The first-order valence-corrected chi connectivity index (χ1v) is 9.68. The van der Waals surface area contributed by atoms with Crippen molar-refractivity contribution in [3.63, 3.8) is 0 Å². The fourth-order valence-electron chi connectivity index (χ4n) is 4.39. The first kappa shape index (κ1) is 19.1. The summed E-state index contributed by atoms with van der Waals surface area (Å²) in [7, 11) is 3.19. The van der Waals surface area contributed by atoms with Gasteiger partial charge in [0.05, 0.1) is 24.4 Å². The molecule has 0 radical (unpaired) electrons. The lowest BCUT2D eigenvalue weighted by molar-refractivity contribution is -0.132. The van der Waals surface area contributed by atoms with Gasteiger partial charge in [-0.05, 0) is 41.7 Å². The molecule has 0 spiro atoms. The minimum Gasteiger partial charge on any atom is -0.493 e. The number of carbonyl (C=O) groups excluding carboxylic acids is 2. The summed E-state index contributed by atoms with van der Waals surface area (Å²) < 4.78 is 10.7. The second-order valence-corrected chi connectivity index (χ2v) is 7.33. The average Bonchev–Trinajstić information content (AvgIpc) is 3.22. The van der Waals surface area contributed by atoms with E-state index < -0.39 is 5.97 Å². The number of nitrogens with one attached hydrogen (secondary N) is 2. The molecule has 3 atom stereocenters. The van der Waals surface area contributed by atoms with Gasteiger partial charge < -0.3 is 20.1 Å². The lowest BCUT2D eigenvalue weighted by Gasteiger charge is -2.38. The van der Waals surface area contributed by atoms with Gasteiger partial charge in [0.2, 0.25) is 0 Å². The largest absolute Gasteiger partial charge is 0.493 e. The number of carbonyl (C=O) groups is 2. The molecule has 2 aliphatic rings. The molecule has 1 aliphatic carbocycles. The zero-order valence-corrected chi connectivity index (χ0v) is 16.7. The molecular weight excluding hydrogens is 368 g/mol. The third-order valence-corrected chi connectivity index (χ3v) is 5.67. The Kier molecular flexibility index (Phi) is 5.01. The number of ether oxygens (including phenoxy) is 2. The Morgan fingerprint density at radius 3 is 2.72 bits per heavy atom. The number of allylic oxidation sites excluding steroid dienone is 2. The van der Waals surface area contributed by atoms with Crippen LogP contribution >= 0.6 is 0 Å². The van der Waals surface area contributed by atoms with E-state index in [4.69, 9.17) is 9.47 Å². The third kappa shape index (κ3) is 3.35. The fraction of sp³-hybridized carbons (Fsp3) is 0.304. The summed E-state index contributed by atoms with van der Waals surface area (Å²) in [5.74, 6) is 0.957. The zero-order chi connectivity index (χ0) is 20.5. The molecule has 0 bridgehead atoms. The molecule has 1 heterocycles. The van der Waals surface area contributed by atoms with Crippen molar-refractivity contribution < 1.29 is 19.1 Å². The van der Waals surface area contributed by atoms with E-state index >= 15 is 0 Å². The Balaban J connectivity index is 1.77. The van der Waals surface area contributed by atoms with Crippen LogP contribution in [0.3, 0.4) is 0 Å². The molecule has 1 amide bonds. The number of hydrogen-bond acceptors (Lipinski definition) is 5. The second kappa shape index (κ2) is 7.62. The Morgan fingerprint density at radius 1 is 1.17 bits per heavy atom. The van der Waals surface area contributed by atoms with E-state index in [0.29, 0.717) is 23.0 Å². The highest BCUT2D eigenvalue weighted by Gasteiger charge is 2.39. The monoisotopic (exact) mass is 392 g/mol. The summed E-state index contributed by atoms with van der Waals surface area (Å²) in [5.41, 5.74) is 3.67. The van der Waals surface area contributed by atoms with Crippen LogP contribution in [0.2, 0.25) is 0 Å². The maximum Gasteiger partial charge on any atom is 0.308 e. The van der Waals surface area contributed by atoms with Crippen molar-refractivity contribution >= 4 is 17.6 Å². The van der Waals surface area contributed by atoms with Crippen molar-refractivity contribution in [3.8, 4) is 11.5 Å². The van der Waals surface area contributed by atoms with Gasteiger partial charge in [-0.15, -0.1) is 0 Å². The normalized spacial score (nSPS) is 21.6. The quantitative estimate of drug-likeness (QED) is 0.470. The highest BCUT2D eigenvalue weighted by atomic mass is 16.6. The molecule has 0 aromatic heterocycles. The Labute approximate surface area is 169 Å². The fourth-order valence-corrected chi connectivity index (χ4v) is 4.39. The van der Waals surface area contributed by atoms with Crippen molar-refractivity contribution in [1.82, 2.24) is 5.32 Å². The summed E-state index contributed by atoms with van der Waals surface area (Å²) in [4.78, 5) is 23.8. The van der Waals surface area contributed by atoms with Crippen molar-refractivity contribution in [2.45, 2.75) is 25.3 Å². The van der Waals surface area contributed by atoms with Gasteiger partial charge in [0.1, 0.15) is 0 Å². The van der Waals surface area contributed by atoms with Crippen LogP contribution in [0, 0.1) is 5.92 Å². The van der Waals surface area contributed by atoms with Crippen LogP contribution in [0.5, 0.6) is 11.5 Å². The number of hydrogen-bond donors (Lipinski definition) is 2. The molecular formula is C23H24N2O4. The topological polar surface area (TPSA) is 76.7 Å². The molecule has 150 valence electrons. The zero-order valence-electron chi connectivity index (χ0n) is 16.7. The van der Waals surface area contributed by atoms with Gasteiger partial charge in [-0.2, -0.15) is 0 Å². The molecule has 0 saturated heterocycles. The minimum absolute atomic E-state index is 0.00594. The minimum atomic E-state index is -0.393. The van der Waals surface area contributed by atoms with Gasteiger partial charge in [-0.25, -0.2) is 0 Å². The molecule has 2 N–H and O–H groups in total. The molecule has 1 aliphatic heterocycles. The SMILES string of the molecule is CNC(=O)c1cccc2c1NC(c1ccc(OC(C)=O)c(OC)c1)C1CC=CC21. The van der Waals surface area contributed by atoms with E-state index in [-0.39, 0.29) is 17.9 Å². The molecule has 6 nitrogen and oxygen atoms in total. The van der Waals surface area contributed by atoms with Gasteiger partial charge in [0, 0.05) is 19.9 Å². The lowest BCUT2D eigenvalue weighted by atomic mass is 9.76. The van der Waals surface area contributed by atoms with Crippen molar-refractivity contribution in [2.75, 3.05) is 19.5 Å². The average molecular weight is 392 g/mol. The van der Waals surface area contributed by atoms with E-state index in [1.165, 1.54) is 6.92 Å². The smallest absolute Gasteiger partial charge is 0.308 e. The molecule has 2 aromatic rings. The van der Waals surface area contributed by atoms with Crippen molar-refractivity contribution in [3.05, 3.63) is 65.2 Å². The van der Waals surface area contributed by atoms with Crippen LogP contribution in [0.25, 0.3) is 0 Å². The summed E-state index contributed by atoms with van der Waals surface area (Å²) in [6.07, 6.45) is 5.38. The third-order valence-electron chi connectivity index (χ3n) is 5.67. The Hall–Kier alpha value is -3.28. The van der Waals surface area contributed by atoms with Crippen molar-refractivity contribution in [2.24, 2.45) is 5.92 Å². The second-order valence-electron chi connectivity index (χ2n) is 7.33. The summed E-state index contributed by atoms with van der Waals surface area (Å²) in [6.45, 7) is 1.36.